The van der Waals surface area contributed by atoms with Gasteiger partial charge >= 0.3 is 11.9 Å². The lowest BCUT2D eigenvalue weighted by molar-refractivity contribution is -0.142. The van der Waals surface area contributed by atoms with E-state index < -0.39 is 12.0 Å². The fourth-order valence-electron chi connectivity index (χ4n) is 1.82. The average molecular weight is 171 g/mol. The fraction of sp³-hybridized carbons (Fsp3) is 0.714. The summed E-state index contributed by atoms with van der Waals surface area (Å²) in [4.78, 5) is 21.6. The first-order valence-corrected chi connectivity index (χ1v) is 3.83. The number of aliphatic carboxylic acids is 1. The molecule has 2 N–H and O–H groups in total. The van der Waals surface area contributed by atoms with Crippen molar-refractivity contribution in [3.05, 3.63) is 0 Å². The summed E-state index contributed by atoms with van der Waals surface area (Å²) in [6.07, 6.45) is 0. The van der Waals surface area contributed by atoms with E-state index in [1.54, 1.807) is 0 Å². The van der Waals surface area contributed by atoms with Crippen LogP contribution in [0, 0.1) is 11.8 Å². The third-order valence-corrected chi connectivity index (χ3v) is 2.49. The zero-order valence-electron chi connectivity index (χ0n) is 6.32. The topological polar surface area (TPSA) is 75.6 Å². The van der Waals surface area contributed by atoms with Gasteiger partial charge in [0, 0.05) is 12.5 Å². The molecule has 2 fully saturated rings. The molecular weight excluding hydrogens is 162 g/mol. The number of carboxylic acid groups (broad SMARTS) is 1. The van der Waals surface area contributed by atoms with Crippen molar-refractivity contribution in [1.82, 2.24) is 5.32 Å². The molecule has 0 aliphatic carbocycles. The van der Waals surface area contributed by atoms with Crippen LogP contribution in [0.4, 0.5) is 0 Å². The maximum atomic E-state index is 11.0. The van der Waals surface area contributed by atoms with E-state index in [2.05, 4.69) is 5.32 Å². The lowest BCUT2D eigenvalue weighted by Crippen LogP contribution is -2.36. The summed E-state index contributed by atoms with van der Waals surface area (Å²) in [5, 5.41) is 11.5. The lowest BCUT2D eigenvalue weighted by atomic mass is 9.94. The van der Waals surface area contributed by atoms with Gasteiger partial charge in [0.1, 0.15) is 6.04 Å². The number of rotatable bonds is 1. The van der Waals surface area contributed by atoms with Gasteiger partial charge < -0.3 is 15.2 Å². The van der Waals surface area contributed by atoms with Gasteiger partial charge in [-0.3, -0.25) is 9.59 Å². The third kappa shape index (κ3) is 0.896. The molecule has 3 atom stereocenters. The summed E-state index contributed by atoms with van der Waals surface area (Å²) in [7, 11) is 0. The Labute approximate surface area is 68.7 Å². The predicted molar refractivity (Wildman–Crippen MR) is 37.4 cm³/mol. The Hall–Kier alpha value is -1.10. The Morgan fingerprint density at radius 3 is 3.08 bits per heavy atom. The van der Waals surface area contributed by atoms with Crippen molar-refractivity contribution < 1.29 is 19.4 Å². The van der Waals surface area contributed by atoms with Crippen LogP contribution in [0.1, 0.15) is 0 Å². The van der Waals surface area contributed by atoms with Crippen LogP contribution in [-0.2, 0) is 14.3 Å². The summed E-state index contributed by atoms with van der Waals surface area (Å²) in [6.45, 7) is 0.675. The molecule has 0 saturated carbocycles. The maximum Gasteiger partial charge on any atom is 0.321 e. The van der Waals surface area contributed by atoms with Gasteiger partial charge in [-0.15, -0.1) is 0 Å². The zero-order chi connectivity index (χ0) is 8.72. The third-order valence-electron chi connectivity index (χ3n) is 2.49. The molecule has 2 aliphatic heterocycles. The molecule has 66 valence electrons. The number of hydrogen-bond acceptors (Lipinski definition) is 4. The number of hydrogen-bond donors (Lipinski definition) is 2. The summed E-state index contributed by atoms with van der Waals surface area (Å²) < 4.78 is 4.76. The Morgan fingerprint density at radius 2 is 2.42 bits per heavy atom. The fourth-order valence-corrected chi connectivity index (χ4v) is 1.82. The van der Waals surface area contributed by atoms with E-state index in [-0.39, 0.29) is 24.4 Å². The molecule has 0 aromatic heterocycles. The number of carboxylic acids is 1. The largest absolute Gasteiger partial charge is 0.480 e. The molecule has 12 heavy (non-hydrogen) atoms. The molecule has 0 radical (unpaired) electrons. The number of cyclic esters (lactones) is 1. The van der Waals surface area contributed by atoms with E-state index in [0.29, 0.717) is 6.54 Å². The molecule has 0 aromatic carbocycles. The van der Waals surface area contributed by atoms with Gasteiger partial charge in [0.15, 0.2) is 0 Å². The summed E-state index contributed by atoms with van der Waals surface area (Å²) >= 11 is 0. The first kappa shape index (κ1) is 7.54. The second-order valence-electron chi connectivity index (χ2n) is 3.12. The smallest absolute Gasteiger partial charge is 0.321 e. The molecule has 5 heteroatoms. The molecule has 0 aromatic rings. The molecule has 5 nitrogen and oxygen atoms in total. The zero-order valence-corrected chi connectivity index (χ0v) is 6.32. The normalized spacial score (nSPS) is 39.3. The number of fused-ring (bicyclic) bond motifs is 1. The average Bonchev–Trinajstić information content (AvgIpc) is 2.53. The van der Waals surface area contributed by atoms with Crippen molar-refractivity contribution in [2.45, 2.75) is 6.04 Å². The van der Waals surface area contributed by atoms with Crippen LogP contribution >= 0.6 is 0 Å². The number of carbonyl (C=O) groups is 2. The highest BCUT2D eigenvalue weighted by molar-refractivity contribution is 5.81. The molecule has 2 heterocycles. The van der Waals surface area contributed by atoms with Crippen molar-refractivity contribution in [1.29, 1.82) is 0 Å². The van der Waals surface area contributed by atoms with E-state index >= 15 is 0 Å². The van der Waals surface area contributed by atoms with Gasteiger partial charge in [0.2, 0.25) is 0 Å². The maximum absolute atomic E-state index is 11.0. The Balaban J connectivity index is 2.15. The van der Waals surface area contributed by atoms with Gasteiger partial charge in [-0.2, -0.15) is 0 Å². The summed E-state index contributed by atoms with van der Waals surface area (Å²) in [6, 6.07) is -0.610. The molecular formula is C7H9NO4. The van der Waals surface area contributed by atoms with Crippen LogP contribution in [0.3, 0.4) is 0 Å². The Kier molecular flexibility index (Phi) is 1.54. The molecule has 2 rings (SSSR count). The first-order chi connectivity index (χ1) is 5.70. The van der Waals surface area contributed by atoms with Gasteiger partial charge in [-0.1, -0.05) is 0 Å². The molecule has 0 unspecified atom stereocenters. The van der Waals surface area contributed by atoms with Gasteiger partial charge in [-0.25, -0.2) is 0 Å². The highest BCUT2D eigenvalue weighted by Crippen LogP contribution is 2.29. The SMILES string of the molecule is O=C1OC[C@H]2[C@@H]1CN[C@@H]2C(=O)O. The minimum absolute atomic E-state index is 0.171. The van der Waals surface area contributed by atoms with E-state index in [1.165, 1.54) is 0 Å². The quantitative estimate of drug-likeness (QED) is 0.486. The van der Waals surface area contributed by atoms with Crippen LogP contribution < -0.4 is 5.32 Å². The van der Waals surface area contributed by atoms with Crippen LogP contribution in [0.15, 0.2) is 0 Å². The highest BCUT2D eigenvalue weighted by atomic mass is 16.5. The van der Waals surface area contributed by atoms with Crippen molar-refractivity contribution >= 4 is 11.9 Å². The van der Waals surface area contributed by atoms with E-state index in [0.717, 1.165) is 0 Å². The molecule has 0 amide bonds. The minimum atomic E-state index is -0.902. The van der Waals surface area contributed by atoms with Crippen LogP contribution in [0.25, 0.3) is 0 Å². The van der Waals surface area contributed by atoms with Crippen LogP contribution in [-0.4, -0.2) is 36.2 Å². The van der Waals surface area contributed by atoms with Crippen molar-refractivity contribution in [2.75, 3.05) is 13.2 Å². The van der Waals surface area contributed by atoms with Crippen molar-refractivity contribution in [3.63, 3.8) is 0 Å². The van der Waals surface area contributed by atoms with Crippen molar-refractivity contribution in [2.24, 2.45) is 11.8 Å². The molecule has 0 bridgehead atoms. The van der Waals surface area contributed by atoms with Crippen molar-refractivity contribution in [3.8, 4) is 0 Å². The second kappa shape index (κ2) is 2.45. The standard InChI is InChI=1S/C7H9NO4/c9-6(10)5-4-2-12-7(11)3(4)1-8-5/h3-5,8H,1-2H2,(H,9,10)/t3-,4-,5-/m0/s1. The van der Waals surface area contributed by atoms with Crippen LogP contribution in [0.5, 0.6) is 0 Å². The number of esters is 1. The van der Waals surface area contributed by atoms with E-state index in [4.69, 9.17) is 9.84 Å². The van der Waals surface area contributed by atoms with Gasteiger partial charge in [0.25, 0.3) is 0 Å². The predicted octanol–water partition coefficient (Wildman–Crippen LogP) is -1.17. The molecule has 2 aliphatic rings. The second-order valence-corrected chi connectivity index (χ2v) is 3.12. The van der Waals surface area contributed by atoms with E-state index in [1.807, 2.05) is 0 Å². The molecule has 0 spiro atoms. The van der Waals surface area contributed by atoms with Gasteiger partial charge in [0.05, 0.1) is 12.5 Å². The van der Waals surface area contributed by atoms with E-state index in [9.17, 15) is 9.59 Å². The molecule has 2 saturated heterocycles. The minimum Gasteiger partial charge on any atom is -0.480 e. The Morgan fingerprint density at radius 1 is 1.67 bits per heavy atom. The highest BCUT2D eigenvalue weighted by Gasteiger charge is 2.49. The summed E-state index contributed by atoms with van der Waals surface area (Å²) in [5.41, 5.74) is 0. The summed E-state index contributed by atoms with van der Waals surface area (Å²) in [5.74, 6) is -1.59. The Bertz CT molecular complexity index is 240. The number of ether oxygens (including phenoxy) is 1. The number of nitrogens with one attached hydrogen (secondary N) is 1. The monoisotopic (exact) mass is 171 g/mol. The number of carbonyl (C=O) groups excluding carboxylic acids is 1. The lowest BCUT2D eigenvalue weighted by Gasteiger charge is -2.09. The van der Waals surface area contributed by atoms with Crippen LogP contribution in [0.2, 0.25) is 0 Å². The first-order valence-electron chi connectivity index (χ1n) is 3.83. The van der Waals surface area contributed by atoms with Gasteiger partial charge in [-0.05, 0) is 0 Å².